The molecule has 0 atom stereocenters. The quantitative estimate of drug-likeness (QED) is 0.327. The molecule has 0 saturated heterocycles. The normalized spacial score (nSPS) is 10.6. The summed E-state index contributed by atoms with van der Waals surface area (Å²) in [5.74, 6) is -1.68. The third-order valence-electron chi connectivity index (χ3n) is 4.71. The molecule has 0 radical (unpaired) electrons. The van der Waals surface area contributed by atoms with Gasteiger partial charge in [0.25, 0.3) is 11.8 Å². The van der Waals surface area contributed by atoms with Crippen molar-refractivity contribution < 1.29 is 18.8 Å². The molecule has 0 spiro atoms. The van der Waals surface area contributed by atoms with E-state index in [9.17, 15) is 18.8 Å². The van der Waals surface area contributed by atoms with E-state index >= 15 is 0 Å². The molecule has 9 heteroatoms. The molecule has 2 amide bonds. The Morgan fingerprint density at radius 3 is 2.53 bits per heavy atom. The first-order valence-electron chi connectivity index (χ1n) is 10.1. The molecular weight excluding hydrogens is 435 g/mol. The third kappa shape index (κ3) is 5.79. The van der Waals surface area contributed by atoms with Crippen molar-refractivity contribution in [1.82, 2.24) is 15.3 Å². The summed E-state index contributed by atoms with van der Waals surface area (Å²) < 4.78 is 13.2. The van der Waals surface area contributed by atoms with Crippen molar-refractivity contribution in [2.75, 3.05) is 11.9 Å². The van der Waals surface area contributed by atoms with Crippen LogP contribution in [0.4, 0.5) is 10.1 Å². The number of imidazole rings is 1. The first-order chi connectivity index (χ1) is 15.4. The largest absolute Gasteiger partial charge is 0.351 e. The van der Waals surface area contributed by atoms with Gasteiger partial charge in [0, 0.05) is 24.2 Å². The molecule has 7 nitrogen and oxygen atoms in total. The SMILES string of the molecule is CCCCNC(=O)c1[nH]cnc1C(=O)Nc1ccc(CC(=O)c2ccc(F)cc2Cl)cc1. The van der Waals surface area contributed by atoms with Gasteiger partial charge < -0.3 is 15.6 Å². The monoisotopic (exact) mass is 456 g/mol. The van der Waals surface area contributed by atoms with Crippen LogP contribution in [0, 0.1) is 5.82 Å². The molecule has 3 N–H and O–H groups in total. The minimum absolute atomic E-state index is 0.01000. The number of nitrogens with zero attached hydrogens (tertiary/aromatic N) is 1. The van der Waals surface area contributed by atoms with Gasteiger partial charge in [-0.25, -0.2) is 9.37 Å². The number of unbranched alkanes of at least 4 members (excludes halogenated alkanes) is 1. The second kappa shape index (κ2) is 10.7. The molecule has 0 saturated carbocycles. The highest BCUT2D eigenvalue weighted by atomic mass is 35.5. The molecule has 3 aromatic rings. The molecule has 0 bridgehead atoms. The number of ketones is 1. The second-order valence-corrected chi connectivity index (χ2v) is 7.52. The minimum atomic E-state index is -0.534. The maximum Gasteiger partial charge on any atom is 0.276 e. The number of benzene rings is 2. The zero-order valence-corrected chi connectivity index (χ0v) is 18.1. The fourth-order valence-electron chi connectivity index (χ4n) is 3.00. The topological polar surface area (TPSA) is 104 Å². The van der Waals surface area contributed by atoms with Crippen LogP contribution < -0.4 is 10.6 Å². The standard InChI is InChI=1S/C23H22ClFN4O3/c1-2-3-10-26-22(31)20-21(28-13-27-20)23(32)29-16-7-4-14(5-8-16)11-19(30)17-9-6-15(25)12-18(17)24/h4-9,12-13H,2-3,10-11H2,1H3,(H,26,31)(H,27,28)(H,29,32). The summed E-state index contributed by atoms with van der Waals surface area (Å²) in [5.41, 5.74) is 1.51. The first kappa shape index (κ1) is 23.1. The minimum Gasteiger partial charge on any atom is -0.351 e. The zero-order chi connectivity index (χ0) is 23.1. The molecule has 0 aliphatic rings. The van der Waals surface area contributed by atoms with Gasteiger partial charge in [-0.3, -0.25) is 14.4 Å². The van der Waals surface area contributed by atoms with Crippen molar-refractivity contribution in [3.63, 3.8) is 0 Å². The van der Waals surface area contributed by atoms with E-state index in [1.807, 2.05) is 6.92 Å². The Labute approximate surface area is 189 Å². The molecule has 0 unspecified atom stereocenters. The van der Waals surface area contributed by atoms with Crippen molar-refractivity contribution in [2.24, 2.45) is 0 Å². The number of carbonyl (C=O) groups excluding carboxylic acids is 3. The second-order valence-electron chi connectivity index (χ2n) is 7.11. The highest BCUT2D eigenvalue weighted by Crippen LogP contribution is 2.20. The Balaban J connectivity index is 1.62. The van der Waals surface area contributed by atoms with E-state index in [1.54, 1.807) is 24.3 Å². The zero-order valence-electron chi connectivity index (χ0n) is 17.4. The summed E-state index contributed by atoms with van der Waals surface area (Å²) in [6.45, 7) is 2.53. The molecule has 166 valence electrons. The number of carbonyl (C=O) groups is 3. The van der Waals surface area contributed by atoms with Crippen LogP contribution in [0.5, 0.6) is 0 Å². The maximum absolute atomic E-state index is 13.2. The Bertz CT molecular complexity index is 1130. The van der Waals surface area contributed by atoms with Gasteiger partial charge in [-0.05, 0) is 42.3 Å². The van der Waals surface area contributed by atoms with Crippen LogP contribution in [0.25, 0.3) is 0 Å². The average Bonchev–Trinajstić information content (AvgIpc) is 3.25. The number of Topliss-reactive ketones (excluding diaryl/α,β-unsaturated/α-hetero) is 1. The Morgan fingerprint density at radius 2 is 1.84 bits per heavy atom. The summed E-state index contributed by atoms with van der Waals surface area (Å²) in [5, 5.41) is 5.49. The van der Waals surface area contributed by atoms with Gasteiger partial charge in [0.15, 0.2) is 11.5 Å². The van der Waals surface area contributed by atoms with Crippen molar-refractivity contribution >= 4 is 34.9 Å². The highest BCUT2D eigenvalue weighted by Gasteiger charge is 2.20. The van der Waals surface area contributed by atoms with Crippen molar-refractivity contribution in [2.45, 2.75) is 26.2 Å². The first-order valence-corrected chi connectivity index (χ1v) is 10.5. The molecule has 1 heterocycles. The van der Waals surface area contributed by atoms with E-state index in [0.717, 1.165) is 18.9 Å². The number of hydrogen-bond donors (Lipinski definition) is 3. The fraction of sp³-hybridized carbons (Fsp3) is 0.217. The smallest absolute Gasteiger partial charge is 0.276 e. The summed E-state index contributed by atoms with van der Waals surface area (Å²) in [6.07, 6.45) is 3.14. The molecule has 32 heavy (non-hydrogen) atoms. The van der Waals surface area contributed by atoms with Crippen molar-refractivity contribution in [3.8, 4) is 0 Å². The van der Waals surface area contributed by atoms with Gasteiger partial charge in [0.05, 0.1) is 11.3 Å². The summed E-state index contributed by atoms with van der Waals surface area (Å²) in [6, 6.07) is 10.3. The van der Waals surface area contributed by atoms with Crippen LogP contribution in [0.2, 0.25) is 5.02 Å². The van der Waals surface area contributed by atoms with E-state index in [-0.39, 0.29) is 34.2 Å². The molecule has 2 aromatic carbocycles. The van der Waals surface area contributed by atoms with Gasteiger partial charge in [-0.2, -0.15) is 0 Å². The van der Waals surface area contributed by atoms with Gasteiger partial charge in [0.2, 0.25) is 0 Å². The number of amides is 2. The molecule has 0 aliphatic carbocycles. The fourth-order valence-corrected chi connectivity index (χ4v) is 3.27. The van der Waals surface area contributed by atoms with Crippen molar-refractivity contribution in [3.05, 3.63) is 82.1 Å². The van der Waals surface area contributed by atoms with Crippen molar-refractivity contribution in [1.29, 1.82) is 0 Å². The molecule has 1 aromatic heterocycles. The van der Waals surface area contributed by atoms with E-state index in [0.29, 0.717) is 17.8 Å². The number of H-pyrrole nitrogens is 1. The lowest BCUT2D eigenvalue weighted by molar-refractivity contribution is 0.0934. The van der Waals surface area contributed by atoms with E-state index in [4.69, 9.17) is 11.6 Å². The van der Waals surface area contributed by atoms with Crippen LogP contribution in [0.3, 0.4) is 0 Å². The lowest BCUT2D eigenvalue weighted by atomic mass is 10.0. The number of aromatic amines is 1. The third-order valence-corrected chi connectivity index (χ3v) is 5.02. The number of nitrogens with one attached hydrogen (secondary N) is 3. The van der Waals surface area contributed by atoms with Crippen LogP contribution in [-0.2, 0) is 6.42 Å². The molecular formula is C23H22ClFN4O3. The number of hydrogen-bond acceptors (Lipinski definition) is 4. The Hall–Kier alpha value is -3.52. The van der Waals surface area contributed by atoms with Crippen LogP contribution in [0.15, 0.2) is 48.8 Å². The van der Waals surface area contributed by atoms with E-state index < -0.39 is 17.6 Å². The molecule has 0 fully saturated rings. The average molecular weight is 457 g/mol. The number of halogens is 2. The van der Waals surface area contributed by atoms with Gasteiger partial charge in [-0.1, -0.05) is 37.1 Å². The predicted octanol–water partition coefficient (Wildman–Crippen LogP) is 4.41. The van der Waals surface area contributed by atoms with Gasteiger partial charge >= 0.3 is 0 Å². The Kier molecular flexibility index (Phi) is 7.72. The lowest BCUT2D eigenvalue weighted by Gasteiger charge is -2.08. The number of rotatable bonds is 9. The van der Waals surface area contributed by atoms with Gasteiger partial charge in [-0.15, -0.1) is 0 Å². The Morgan fingerprint density at radius 1 is 1.09 bits per heavy atom. The number of anilines is 1. The number of aromatic nitrogens is 2. The van der Waals surface area contributed by atoms with E-state index in [1.165, 1.54) is 18.5 Å². The maximum atomic E-state index is 13.2. The molecule has 3 rings (SSSR count). The highest BCUT2D eigenvalue weighted by molar-refractivity contribution is 6.34. The van der Waals surface area contributed by atoms with Crippen LogP contribution >= 0.6 is 11.6 Å². The summed E-state index contributed by atoms with van der Waals surface area (Å²) in [7, 11) is 0. The summed E-state index contributed by atoms with van der Waals surface area (Å²) in [4.78, 5) is 43.9. The van der Waals surface area contributed by atoms with Crippen LogP contribution in [-0.4, -0.2) is 34.1 Å². The predicted molar refractivity (Wildman–Crippen MR) is 120 cm³/mol. The van der Waals surface area contributed by atoms with E-state index in [2.05, 4.69) is 20.6 Å². The van der Waals surface area contributed by atoms with Crippen LogP contribution in [0.1, 0.15) is 56.7 Å². The van der Waals surface area contributed by atoms with Gasteiger partial charge in [0.1, 0.15) is 11.5 Å². The lowest BCUT2D eigenvalue weighted by Crippen LogP contribution is -2.27. The molecule has 0 aliphatic heterocycles. The summed E-state index contributed by atoms with van der Waals surface area (Å²) >= 11 is 5.95.